The second-order valence-electron chi connectivity index (χ2n) is 4.25. The molecule has 0 heterocycles. The molecule has 0 fully saturated rings. The van der Waals surface area contributed by atoms with Crippen LogP contribution in [-0.2, 0) is 6.54 Å². The molecule has 0 bridgehead atoms. The molecule has 0 aliphatic heterocycles. The van der Waals surface area contributed by atoms with Crippen LogP contribution in [0, 0.1) is 18.3 Å². The zero-order valence-corrected chi connectivity index (χ0v) is 11.9. The van der Waals surface area contributed by atoms with Gasteiger partial charge in [-0.25, -0.2) is 0 Å². The van der Waals surface area contributed by atoms with Crippen LogP contribution in [0.1, 0.15) is 16.7 Å². The first-order valence-electron chi connectivity index (χ1n) is 5.78. The number of hydrogen-bond acceptors (Lipinski definition) is 2. The van der Waals surface area contributed by atoms with E-state index in [1.807, 2.05) is 25.1 Å². The molecule has 0 aromatic heterocycles. The minimum Gasteiger partial charge on any atom is -0.380 e. The third-order valence-corrected chi connectivity index (χ3v) is 3.44. The molecule has 0 amide bonds. The average molecular weight is 291 g/mol. The summed E-state index contributed by atoms with van der Waals surface area (Å²) in [4.78, 5) is 0. The molecule has 1 N–H and O–H groups in total. The lowest BCUT2D eigenvalue weighted by Gasteiger charge is -2.10. The Morgan fingerprint density at radius 2 is 1.89 bits per heavy atom. The van der Waals surface area contributed by atoms with E-state index in [1.54, 1.807) is 18.2 Å². The van der Waals surface area contributed by atoms with Crippen molar-refractivity contribution in [3.05, 3.63) is 63.1 Å². The predicted molar refractivity (Wildman–Crippen MR) is 79.7 cm³/mol. The van der Waals surface area contributed by atoms with Gasteiger partial charge in [-0.15, -0.1) is 0 Å². The molecule has 2 aromatic carbocycles. The molecule has 0 atom stereocenters. The first-order valence-corrected chi connectivity index (χ1v) is 6.54. The lowest BCUT2D eigenvalue weighted by atomic mass is 10.1. The normalized spacial score (nSPS) is 10.0. The number of anilines is 1. The fraction of sp³-hybridized carbons (Fsp3) is 0.133. The lowest BCUT2D eigenvalue weighted by molar-refractivity contribution is 1.14. The van der Waals surface area contributed by atoms with Gasteiger partial charge in [0, 0.05) is 11.6 Å². The van der Waals surface area contributed by atoms with Crippen LogP contribution in [0.15, 0.2) is 36.4 Å². The van der Waals surface area contributed by atoms with Gasteiger partial charge in [-0.2, -0.15) is 5.26 Å². The van der Waals surface area contributed by atoms with E-state index in [0.717, 1.165) is 21.8 Å². The fourth-order valence-electron chi connectivity index (χ4n) is 1.71. The molecule has 0 saturated carbocycles. The average Bonchev–Trinajstić information content (AvgIpc) is 2.39. The van der Waals surface area contributed by atoms with Crippen molar-refractivity contribution in [1.82, 2.24) is 0 Å². The smallest absolute Gasteiger partial charge is 0.0992 e. The van der Waals surface area contributed by atoms with Crippen molar-refractivity contribution < 1.29 is 0 Å². The molecule has 4 heteroatoms. The Labute approximate surface area is 122 Å². The Balaban J connectivity index is 2.13. The Morgan fingerprint density at radius 3 is 2.53 bits per heavy atom. The number of nitriles is 1. The van der Waals surface area contributed by atoms with Crippen molar-refractivity contribution >= 4 is 28.9 Å². The second kappa shape index (κ2) is 5.97. The van der Waals surface area contributed by atoms with Crippen LogP contribution < -0.4 is 5.32 Å². The molecule has 0 radical (unpaired) electrons. The molecule has 2 rings (SSSR count). The number of nitrogens with one attached hydrogen (secondary N) is 1. The van der Waals surface area contributed by atoms with E-state index < -0.39 is 0 Å². The van der Waals surface area contributed by atoms with Crippen LogP contribution >= 0.6 is 23.2 Å². The first-order chi connectivity index (χ1) is 9.10. The number of aryl methyl sites for hydroxylation is 1. The van der Waals surface area contributed by atoms with Crippen LogP contribution in [0.4, 0.5) is 5.69 Å². The van der Waals surface area contributed by atoms with Gasteiger partial charge in [-0.3, -0.25) is 0 Å². The second-order valence-corrected chi connectivity index (χ2v) is 5.07. The maximum Gasteiger partial charge on any atom is 0.0992 e. The summed E-state index contributed by atoms with van der Waals surface area (Å²) in [5, 5.41) is 13.3. The Hall–Kier alpha value is -1.69. The summed E-state index contributed by atoms with van der Waals surface area (Å²) >= 11 is 12.3. The largest absolute Gasteiger partial charge is 0.380 e. The summed E-state index contributed by atoms with van der Waals surface area (Å²) in [7, 11) is 0. The van der Waals surface area contributed by atoms with Gasteiger partial charge < -0.3 is 5.32 Å². The number of nitrogens with zero attached hydrogens (tertiary/aromatic N) is 1. The van der Waals surface area contributed by atoms with Gasteiger partial charge in [0.05, 0.1) is 22.3 Å². The molecular weight excluding hydrogens is 279 g/mol. The summed E-state index contributed by atoms with van der Waals surface area (Å²) in [5.41, 5.74) is 3.47. The first kappa shape index (κ1) is 13.7. The highest BCUT2D eigenvalue weighted by molar-refractivity contribution is 6.33. The highest BCUT2D eigenvalue weighted by Crippen LogP contribution is 2.25. The summed E-state index contributed by atoms with van der Waals surface area (Å²) in [6.45, 7) is 2.59. The van der Waals surface area contributed by atoms with Gasteiger partial charge >= 0.3 is 0 Å². The highest BCUT2D eigenvalue weighted by atomic mass is 35.5. The number of halogens is 2. The minimum absolute atomic E-state index is 0.530. The summed E-state index contributed by atoms with van der Waals surface area (Å²) in [6.07, 6.45) is 0. The van der Waals surface area contributed by atoms with E-state index in [2.05, 4.69) is 11.4 Å². The number of benzene rings is 2. The molecule has 0 aliphatic rings. The minimum atomic E-state index is 0.530. The van der Waals surface area contributed by atoms with Gasteiger partial charge in [0.2, 0.25) is 0 Å². The molecular formula is C15H12Cl2N2. The highest BCUT2D eigenvalue weighted by Gasteiger charge is 2.04. The molecule has 96 valence electrons. The summed E-state index contributed by atoms with van der Waals surface area (Å²) < 4.78 is 0. The maximum atomic E-state index is 8.78. The molecule has 19 heavy (non-hydrogen) atoms. The van der Waals surface area contributed by atoms with Gasteiger partial charge in [0.25, 0.3) is 0 Å². The fourth-order valence-corrected chi connectivity index (χ4v) is 2.26. The van der Waals surface area contributed by atoms with Crippen molar-refractivity contribution in [2.75, 3.05) is 5.32 Å². The van der Waals surface area contributed by atoms with Crippen molar-refractivity contribution in [3.8, 4) is 6.07 Å². The van der Waals surface area contributed by atoms with Crippen LogP contribution in [0.2, 0.25) is 10.0 Å². The zero-order valence-electron chi connectivity index (χ0n) is 10.4. The van der Waals surface area contributed by atoms with Gasteiger partial charge in [-0.1, -0.05) is 35.3 Å². The van der Waals surface area contributed by atoms with Crippen molar-refractivity contribution in [3.63, 3.8) is 0 Å². The summed E-state index contributed by atoms with van der Waals surface area (Å²) in [5.74, 6) is 0. The Kier molecular flexibility index (Phi) is 4.31. The van der Waals surface area contributed by atoms with E-state index in [9.17, 15) is 0 Å². The maximum absolute atomic E-state index is 8.78. The number of hydrogen-bond donors (Lipinski definition) is 1. The molecule has 2 aromatic rings. The van der Waals surface area contributed by atoms with E-state index in [1.165, 1.54) is 0 Å². The molecule has 0 saturated heterocycles. The molecule has 0 unspecified atom stereocenters. The molecule has 0 spiro atoms. The van der Waals surface area contributed by atoms with Crippen LogP contribution in [0.3, 0.4) is 0 Å². The van der Waals surface area contributed by atoms with Crippen molar-refractivity contribution in [2.24, 2.45) is 0 Å². The SMILES string of the molecule is Cc1ccc(CNc2ccc(C#N)cc2Cl)c(Cl)c1. The van der Waals surface area contributed by atoms with Gasteiger partial charge in [-0.05, 0) is 42.3 Å². The summed E-state index contributed by atoms with van der Waals surface area (Å²) in [6, 6.07) is 13.1. The van der Waals surface area contributed by atoms with E-state index in [0.29, 0.717) is 17.1 Å². The van der Waals surface area contributed by atoms with Crippen LogP contribution in [0.5, 0.6) is 0 Å². The van der Waals surface area contributed by atoms with Gasteiger partial charge in [0.15, 0.2) is 0 Å². The van der Waals surface area contributed by atoms with Crippen LogP contribution in [-0.4, -0.2) is 0 Å². The zero-order chi connectivity index (χ0) is 13.8. The quantitative estimate of drug-likeness (QED) is 0.882. The van der Waals surface area contributed by atoms with Crippen molar-refractivity contribution in [1.29, 1.82) is 5.26 Å². The van der Waals surface area contributed by atoms with E-state index in [4.69, 9.17) is 28.5 Å². The van der Waals surface area contributed by atoms with E-state index >= 15 is 0 Å². The third kappa shape index (κ3) is 3.41. The lowest BCUT2D eigenvalue weighted by Crippen LogP contribution is -2.01. The Morgan fingerprint density at radius 1 is 1.11 bits per heavy atom. The molecule has 2 nitrogen and oxygen atoms in total. The predicted octanol–water partition coefficient (Wildman–Crippen LogP) is 4.79. The number of rotatable bonds is 3. The van der Waals surface area contributed by atoms with Gasteiger partial charge in [0.1, 0.15) is 0 Å². The third-order valence-electron chi connectivity index (χ3n) is 2.78. The monoisotopic (exact) mass is 290 g/mol. The van der Waals surface area contributed by atoms with E-state index in [-0.39, 0.29) is 0 Å². The standard InChI is InChI=1S/C15H12Cl2N2/c1-10-2-4-12(13(16)6-10)9-19-15-5-3-11(8-18)7-14(15)17/h2-7,19H,9H2,1H3. The van der Waals surface area contributed by atoms with Crippen LogP contribution in [0.25, 0.3) is 0 Å². The van der Waals surface area contributed by atoms with Crippen molar-refractivity contribution in [2.45, 2.75) is 13.5 Å². The molecule has 0 aliphatic carbocycles. The topological polar surface area (TPSA) is 35.8 Å². The Bertz CT molecular complexity index is 645.